The summed E-state index contributed by atoms with van der Waals surface area (Å²) in [6.07, 6.45) is 0. The second-order valence-electron chi connectivity index (χ2n) is 14.0. The lowest BCUT2D eigenvalue weighted by atomic mass is 9.98. The van der Waals surface area contributed by atoms with Crippen LogP contribution in [0.1, 0.15) is 0 Å². The highest BCUT2D eigenvalue weighted by Crippen LogP contribution is 2.45. The Kier molecular flexibility index (Phi) is 7.14. The summed E-state index contributed by atoms with van der Waals surface area (Å²) in [4.78, 5) is 7.45. The summed E-state index contributed by atoms with van der Waals surface area (Å²) in [5.74, 6) is 0.609. The van der Waals surface area contributed by atoms with Gasteiger partial charge in [-0.1, -0.05) is 140 Å². The fraction of sp³-hybridized carbons (Fsp3) is 0. The zero-order valence-electron chi connectivity index (χ0n) is 29.8. The molecule has 0 atom stereocenters. The molecule has 4 nitrogen and oxygen atoms in total. The van der Waals surface area contributed by atoms with Gasteiger partial charge in [-0.3, -0.25) is 0 Å². The average Bonchev–Trinajstić information content (AvgIpc) is 3.84. The van der Waals surface area contributed by atoms with E-state index in [1.165, 1.54) is 38.2 Å². The van der Waals surface area contributed by atoms with Crippen LogP contribution in [0.4, 0.5) is 17.1 Å². The third kappa shape index (κ3) is 5.11. The molecular weight excluding hydrogens is 671 g/mol. The summed E-state index contributed by atoms with van der Waals surface area (Å²) in [7, 11) is 0. The maximum absolute atomic E-state index is 6.54. The Balaban J connectivity index is 1.17. The normalized spacial score (nSPS) is 11.6. The molecule has 2 aromatic heterocycles. The zero-order chi connectivity index (χ0) is 36.3. The summed E-state index contributed by atoms with van der Waals surface area (Å²) < 4.78 is 8.91. The first-order valence-corrected chi connectivity index (χ1v) is 18.6. The van der Waals surface area contributed by atoms with Crippen molar-refractivity contribution >= 4 is 71.5 Å². The van der Waals surface area contributed by atoms with Gasteiger partial charge in [0.15, 0.2) is 5.58 Å². The largest absolute Gasteiger partial charge is 0.435 e. The van der Waals surface area contributed by atoms with E-state index in [4.69, 9.17) is 9.40 Å². The van der Waals surface area contributed by atoms with Crippen molar-refractivity contribution in [2.24, 2.45) is 0 Å². The van der Waals surface area contributed by atoms with Crippen molar-refractivity contribution in [3.63, 3.8) is 0 Å². The van der Waals surface area contributed by atoms with Crippen molar-refractivity contribution in [2.75, 3.05) is 4.90 Å². The Morgan fingerprint density at radius 3 is 1.89 bits per heavy atom. The molecule has 0 aliphatic rings. The molecule has 0 N–H and O–H groups in total. The van der Waals surface area contributed by atoms with E-state index in [0.717, 1.165) is 55.7 Å². The van der Waals surface area contributed by atoms with Crippen molar-refractivity contribution in [2.45, 2.75) is 0 Å². The number of para-hydroxylation sites is 2. The molecule has 2 heterocycles. The first kappa shape index (κ1) is 31.1. The number of rotatable bonds is 6. The highest BCUT2D eigenvalue weighted by atomic mass is 16.3. The van der Waals surface area contributed by atoms with E-state index >= 15 is 0 Å². The second kappa shape index (κ2) is 12.6. The topological polar surface area (TPSA) is 34.2 Å². The molecule has 4 heteroatoms. The Morgan fingerprint density at radius 2 is 1.07 bits per heavy atom. The predicted molar refractivity (Wildman–Crippen MR) is 229 cm³/mol. The fourth-order valence-corrected chi connectivity index (χ4v) is 8.27. The van der Waals surface area contributed by atoms with E-state index in [2.05, 4.69) is 179 Å². The molecule has 9 aromatic carbocycles. The van der Waals surface area contributed by atoms with Crippen LogP contribution in [0.3, 0.4) is 0 Å². The molecule has 0 aliphatic carbocycles. The number of benzene rings is 9. The van der Waals surface area contributed by atoms with Crippen LogP contribution in [0.15, 0.2) is 205 Å². The monoisotopic (exact) mass is 703 g/mol. The summed E-state index contributed by atoms with van der Waals surface area (Å²) >= 11 is 0. The van der Waals surface area contributed by atoms with Crippen molar-refractivity contribution in [1.29, 1.82) is 0 Å². The van der Waals surface area contributed by atoms with E-state index in [9.17, 15) is 0 Å². The van der Waals surface area contributed by atoms with E-state index < -0.39 is 0 Å². The number of anilines is 3. The van der Waals surface area contributed by atoms with Gasteiger partial charge in [-0.2, -0.15) is 0 Å². The Bertz CT molecular complexity index is 3190. The SMILES string of the molecule is c1ccc(-c2nc3cc(N(c4ccc(-c5cccc6ccccc56)cc4)c4ccc5c6ccccc6n(-c6ccccc6)c5c4)c4ccccc4c3o2)cc1. The van der Waals surface area contributed by atoms with Crippen molar-refractivity contribution in [1.82, 2.24) is 9.55 Å². The van der Waals surface area contributed by atoms with Crippen LogP contribution in [0, 0.1) is 0 Å². The summed E-state index contributed by atoms with van der Waals surface area (Å²) in [5.41, 5.74) is 11.5. The molecule has 0 spiro atoms. The van der Waals surface area contributed by atoms with Gasteiger partial charge in [0.25, 0.3) is 0 Å². The maximum atomic E-state index is 6.54. The summed E-state index contributed by atoms with van der Waals surface area (Å²) in [6, 6.07) is 71.1. The zero-order valence-corrected chi connectivity index (χ0v) is 29.8. The van der Waals surface area contributed by atoms with E-state index in [1.54, 1.807) is 0 Å². The molecule has 0 aliphatic heterocycles. The number of hydrogen-bond donors (Lipinski definition) is 0. The Labute approximate surface area is 317 Å². The minimum atomic E-state index is 0.609. The minimum absolute atomic E-state index is 0.609. The maximum Gasteiger partial charge on any atom is 0.227 e. The Hall–Kier alpha value is -7.43. The number of hydrogen-bond acceptors (Lipinski definition) is 3. The van der Waals surface area contributed by atoms with E-state index in [1.807, 2.05) is 30.3 Å². The molecule has 0 fully saturated rings. The van der Waals surface area contributed by atoms with Crippen molar-refractivity contribution in [3.05, 3.63) is 200 Å². The van der Waals surface area contributed by atoms with Crippen LogP contribution in [0.5, 0.6) is 0 Å². The van der Waals surface area contributed by atoms with Gasteiger partial charge in [-0.05, 0) is 82.6 Å². The Morgan fingerprint density at radius 1 is 0.436 bits per heavy atom. The molecule has 0 amide bonds. The second-order valence-corrected chi connectivity index (χ2v) is 14.0. The van der Waals surface area contributed by atoms with Crippen molar-refractivity contribution in [3.8, 4) is 28.3 Å². The quantitative estimate of drug-likeness (QED) is 0.173. The third-order valence-corrected chi connectivity index (χ3v) is 10.8. The number of oxazole rings is 1. The number of nitrogens with zero attached hydrogens (tertiary/aromatic N) is 3. The molecule has 0 radical (unpaired) electrons. The van der Waals surface area contributed by atoms with Gasteiger partial charge in [0, 0.05) is 44.2 Å². The predicted octanol–water partition coefficient (Wildman–Crippen LogP) is 14.0. The van der Waals surface area contributed by atoms with Gasteiger partial charge >= 0.3 is 0 Å². The van der Waals surface area contributed by atoms with Crippen molar-refractivity contribution < 1.29 is 4.42 Å². The lowest BCUT2D eigenvalue weighted by molar-refractivity contribution is 0.623. The minimum Gasteiger partial charge on any atom is -0.435 e. The van der Waals surface area contributed by atoms with Gasteiger partial charge in [0.1, 0.15) is 5.52 Å². The smallest absolute Gasteiger partial charge is 0.227 e. The lowest BCUT2D eigenvalue weighted by Gasteiger charge is -2.27. The van der Waals surface area contributed by atoms with E-state index in [0.29, 0.717) is 5.89 Å². The third-order valence-electron chi connectivity index (χ3n) is 10.8. The van der Waals surface area contributed by atoms with Crippen LogP contribution in [-0.4, -0.2) is 9.55 Å². The molecular formula is C51H33N3O. The molecule has 11 rings (SSSR count). The first-order valence-electron chi connectivity index (χ1n) is 18.6. The molecule has 11 aromatic rings. The van der Waals surface area contributed by atoms with Crippen LogP contribution >= 0.6 is 0 Å². The summed E-state index contributed by atoms with van der Waals surface area (Å²) in [6.45, 7) is 0. The van der Waals surface area contributed by atoms with Gasteiger partial charge in [-0.25, -0.2) is 4.98 Å². The molecule has 258 valence electrons. The number of aromatic nitrogens is 2. The average molecular weight is 704 g/mol. The van der Waals surface area contributed by atoms with Crippen LogP contribution in [-0.2, 0) is 0 Å². The molecule has 0 saturated carbocycles. The highest BCUT2D eigenvalue weighted by molar-refractivity contribution is 6.14. The first-order chi connectivity index (χ1) is 27.3. The molecule has 0 bridgehead atoms. The molecule has 0 saturated heterocycles. The van der Waals surface area contributed by atoms with Gasteiger partial charge in [-0.15, -0.1) is 0 Å². The molecule has 0 unspecified atom stereocenters. The standard InChI is InChI=1S/C51H33N3O/c1-3-15-36(16-4-1)51-52-46-33-49(43-22-9-10-23-45(43)50(46)55-51)53(38-28-26-35(27-29-38)41-24-13-17-34-14-7-8-20-40(34)41)39-30-31-44-42-21-11-12-25-47(42)54(48(44)32-39)37-18-5-2-6-19-37/h1-33H. The highest BCUT2D eigenvalue weighted by Gasteiger charge is 2.22. The number of fused-ring (bicyclic) bond motifs is 7. The van der Waals surface area contributed by atoms with Crippen LogP contribution < -0.4 is 4.90 Å². The fourth-order valence-electron chi connectivity index (χ4n) is 8.27. The van der Waals surface area contributed by atoms with Gasteiger partial charge in [0.2, 0.25) is 5.89 Å². The van der Waals surface area contributed by atoms with Crippen LogP contribution in [0.25, 0.3) is 82.7 Å². The summed E-state index contributed by atoms with van der Waals surface area (Å²) in [5, 5.41) is 7.00. The molecule has 55 heavy (non-hydrogen) atoms. The van der Waals surface area contributed by atoms with Crippen LogP contribution in [0.2, 0.25) is 0 Å². The van der Waals surface area contributed by atoms with Gasteiger partial charge in [0.05, 0.1) is 16.7 Å². The van der Waals surface area contributed by atoms with E-state index in [-0.39, 0.29) is 0 Å². The van der Waals surface area contributed by atoms with Gasteiger partial charge < -0.3 is 13.9 Å². The lowest BCUT2D eigenvalue weighted by Crippen LogP contribution is -2.11.